The Labute approximate surface area is 170 Å². The third-order valence-corrected chi connectivity index (χ3v) is 4.98. The minimum atomic E-state index is -0.187. The lowest BCUT2D eigenvalue weighted by atomic mass is 10.2. The zero-order valence-electron chi connectivity index (χ0n) is 16.2. The summed E-state index contributed by atoms with van der Waals surface area (Å²) in [6, 6.07) is 14.3. The molecule has 7 heteroatoms. The number of hydrogen-bond acceptors (Lipinski definition) is 6. The van der Waals surface area contributed by atoms with Gasteiger partial charge < -0.3 is 10.2 Å². The molecule has 29 heavy (non-hydrogen) atoms. The SMILES string of the molecule is O=C(NCc1cccnc1)c1cnc(N2CCN(Cc3ccccc3)CC2)nc1. The molecule has 148 valence electrons. The molecule has 0 saturated carbocycles. The molecule has 1 saturated heterocycles. The Morgan fingerprint density at radius 3 is 2.31 bits per heavy atom. The van der Waals surface area contributed by atoms with Crippen molar-refractivity contribution in [3.8, 4) is 0 Å². The van der Waals surface area contributed by atoms with Gasteiger partial charge in [-0.25, -0.2) is 9.97 Å². The fraction of sp³-hybridized carbons (Fsp3) is 0.273. The summed E-state index contributed by atoms with van der Waals surface area (Å²) in [5.74, 6) is 0.487. The lowest BCUT2D eigenvalue weighted by molar-refractivity contribution is 0.0950. The van der Waals surface area contributed by atoms with Gasteiger partial charge in [-0.2, -0.15) is 0 Å². The average molecular weight is 388 g/mol. The molecule has 1 fully saturated rings. The topological polar surface area (TPSA) is 74.2 Å². The standard InChI is InChI=1S/C22H24N6O/c29-21(24-14-19-7-4-8-23-13-19)20-15-25-22(26-16-20)28-11-9-27(10-12-28)17-18-5-2-1-3-6-18/h1-8,13,15-16H,9-12,14,17H2,(H,24,29). The van der Waals surface area contributed by atoms with E-state index in [1.54, 1.807) is 24.8 Å². The second kappa shape index (κ2) is 9.25. The molecule has 1 N–H and O–H groups in total. The zero-order valence-corrected chi connectivity index (χ0v) is 16.2. The number of amides is 1. The van der Waals surface area contributed by atoms with Crippen LogP contribution in [0.5, 0.6) is 0 Å². The van der Waals surface area contributed by atoms with E-state index >= 15 is 0 Å². The second-order valence-corrected chi connectivity index (χ2v) is 7.06. The number of carbonyl (C=O) groups is 1. The highest BCUT2D eigenvalue weighted by Gasteiger charge is 2.19. The van der Waals surface area contributed by atoms with E-state index in [-0.39, 0.29) is 5.91 Å². The van der Waals surface area contributed by atoms with Crippen LogP contribution >= 0.6 is 0 Å². The predicted molar refractivity (Wildman–Crippen MR) is 111 cm³/mol. The zero-order chi connectivity index (χ0) is 19.9. The van der Waals surface area contributed by atoms with Crippen LogP contribution in [0.2, 0.25) is 0 Å². The van der Waals surface area contributed by atoms with Crippen LogP contribution in [0.25, 0.3) is 0 Å². The van der Waals surface area contributed by atoms with Gasteiger partial charge in [-0.05, 0) is 17.2 Å². The van der Waals surface area contributed by atoms with Gasteiger partial charge >= 0.3 is 0 Å². The number of hydrogen-bond donors (Lipinski definition) is 1. The molecule has 1 aromatic carbocycles. The molecular weight excluding hydrogens is 364 g/mol. The van der Waals surface area contributed by atoms with Crippen molar-refractivity contribution in [2.75, 3.05) is 31.1 Å². The lowest BCUT2D eigenvalue weighted by Crippen LogP contribution is -2.46. The van der Waals surface area contributed by atoms with Crippen molar-refractivity contribution in [3.63, 3.8) is 0 Å². The maximum absolute atomic E-state index is 12.3. The second-order valence-electron chi connectivity index (χ2n) is 7.06. The molecule has 0 unspecified atom stereocenters. The van der Waals surface area contributed by atoms with Gasteiger partial charge in [0.05, 0.1) is 5.56 Å². The van der Waals surface area contributed by atoms with E-state index in [9.17, 15) is 4.79 Å². The molecule has 3 aromatic rings. The molecule has 7 nitrogen and oxygen atoms in total. The van der Waals surface area contributed by atoms with Crippen LogP contribution in [0.3, 0.4) is 0 Å². The highest BCUT2D eigenvalue weighted by atomic mass is 16.1. The van der Waals surface area contributed by atoms with Crippen LogP contribution in [-0.2, 0) is 13.1 Å². The number of aromatic nitrogens is 3. The number of benzene rings is 1. The summed E-state index contributed by atoms with van der Waals surface area (Å²) in [7, 11) is 0. The van der Waals surface area contributed by atoms with E-state index < -0.39 is 0 Å². The molecule has 2 aromatic heterocycles. The Balaban J connectivity index is 1.27. The molecule has 1 aliphatic rings. The first-order chi connectivity index (χ1) is 14.3. The average Bonchev–Trinajstić information content (AvgIpc) is 2.79. The summed E-state index contributed by atoms with van der Waals surface area (Å²) >= 11 is 0. The van der Waals surface area contributed by atoms with E-state index in [1.807, 2.05) is 18.2 Å². The van der Waals surface area contributed by atoms with Crippen LogP contribution in [0.1, 0.15) is 21.5 Å². The van der Waals surface area contributed by atoms with Crippen molar-refractivity contribution in [2.24, 2.45) is 0 Å². The number of piperazine rings is 1. The lowest BCUT2D eigenvalue weighted by Gasteiger charge is -2.34. The first-order valence-corrected chi connectivity index (χ1v) is 9.78. The maximum atomic E-state index is 12.3. The van der Waals surface area contributed by atoms with Gasteiger partial charge in [-0.3, -0.25) is 14.7 Å². The van der Waals surface area contributed by atoms with Gasteiger partial charge in [-0.15, -0.1) is 0 Å². The fourth-order valence-corrected chi connectivity index (χ4v) is 3.34. The molecular formula is C22H24N6O. The predicted octanol–water partition coefficient (Wildman–Crippen LogP) is 2.12. The smallest absolute Gasteiger partial charge is 0.254 e. The number of rotatable bonds is 6. The van der Waals surface area contributed by atoms with Gasteiger partial charge in [0.2, 0.25) is 5.95 Å². The molecule has 1 amide bonds. The molecule has 3 heterocycles. The quantitative estimate of drug-likeness (QED) is 0.697. The van der Waals surface area contributed by atoms with E-state index in [0.29, 0.717) is 18.1 Å². The van der Waals surface area contributed by atoms with E-state index in [4.69, 9.17) is 0 Å². The minimum absolute atomic E-state index is 0.187. The van der Waals surface area contributed by atoms with Gasteiger partial charge in [0.25, 0.3) is 5.91 Å². The van der Waals surface area contributed by atoms with Crippen molar-refractivity contribution in [2.45, 2.75) is 13.1 Å². The molecule has 0 radical (unpaired) electrons. The Morgan fingerprint density at radius 2 is 1.62 bits per heavy atom. The van der Waals surface area contributed by atoms with E-state index in [0.717, 1.165) is 38.3 Å². The third-order valence-electron chi connectivity index (χ3n) is 4.98. The summed E-state index contributed by atoms with van der Waals surface area (Å²) in [5.41, 5.74) is 2.74. The molecule has 1 aliphatic heterocycles. The normalized spacial score (nSPS) is 14.6. The van der Waals surface area contributed by atoms with Crippen molar-refractivity contribution in [1.29, 1.82) is 0 Å². The van der Waals surface area contributed by atoms with Crippen LogP contribution in [0, 0.1) is 0 Å². The number of nitrogens with one attached hydrogen (secondary N) is 1. The number of carbonyl (C=O) groups excluding carboxylic acids is 1. The molecule has 0 spiro atoms. The first-order valence-electron chi connectivity index (χ1n) is 9.78. The molecule has 0 bridgehead atoms. The summed E-state index contributed by atoms with van der Waals surface area (Å²) in [6.07, 6.45) is 6.63. The molecule has 4 rings (SSSR count). The Hall–Kier alpha value is -3.32. The maximum Gasteiger partial charge on any atom is 0.254 e. The summed E-state index contributed by atoms with van der Waals surface area (Å²) < 4.78 is 0. The first kappa shape index (κ1) is 19.0. The van der Waals surface area contributed by atoms with Gasteiger partial charge in [0, 0.05) is 64.1 Å². The van der Waals surface area contributed by atoms with Crippen LogP contribution < -0.4 is 10.2 Å². The Kier molecular flexibility index (Phi) is 6.07. The highest BCUT2D eigenvalue weighted by Crippen LogP contribution is 2.13. The largest absolute Gasteiger partial charge is 0.348 e. The summed E-state index contributed by atoms with van der Waals surface area (Å²) in [4.78, 5) is 29.8. The van der Waals surface area contributed by atoms with Crippen LogP contribution in [0.4, 0.5) is 5.95 Å². The molecule has 0 aliphatic carbocycles. The van der Waals surface area contributed by atoms with E-state index in [1.165, 1.54) is 5.56 Å². The molecule has 0 atom stereocenters. The fourth-order valence-electron chi connectivity index (χ4n) is 3.34. The summed E-state index contributed by atoms with van der Waals surface area (Å²) in [5, 5.41) is 2.86. The van der Waals surface area contributed by atoms with Crippen LogP contribution in [0.15, 0.2) is 67.3 Å². The van der Waals surface area contributed by atoms with Crippen molar-refractivity contribution < 1.29 is 4.79 Å². The van der Waals surface area contributed by atoms with Crippen molar-refractivity contribution in [3.05, 3.63) is 83.9 Å². The number of anilines is 1. The monoisotopic (exact) mass is 388 g/mol. The van der Waals surface area contributed by atoms with Crippen molar-refractivity contribution in [1.82, 2.24) is 25.2 Å². The van der Waals surface area contributed by atoms with Gasteiger partial charge in [0.15, 0.2) is 0 Å². The minimum Gasteiger partial charge on any atom is -0.348 e. The number of nitrogens with zero attached hydrogens (tertiary/aromatic N) is 5. The Morgan fingerprint density at radius 1 is 0.897 bits per heavy atom. The van der Waals surface area contributed by atoms with Crippen LogP contribution in [-0.4, -0.2) is 51.9 Å². The number of pyridine rings is 1. The third kappa shape index (κ3) is 5.14. The Bertz CT molecular complexity index is 909. The highest BCUT2D eigenvalue weighted by molar-refractivity contribution is 5.93. The van der Waals surface area contributed by atoms with Gasteiger partial charge in [0.1, 0.15) is 0 Å². The van der Waals surface area contributed by atoms with Crippen molar-refractivity contribution >= 4 is 11.9 Å². The van der Waals surface area contributed by atoms with Gasteiger partial charge in [-0.1, -0.05) is 36.4 Å². The van der Waals surface area contributed by atoms with E-state index in [2.05, 4.69) is 54.3 Å². The summed E-state index contributed by atoms with van der Waals surface area (Å²) in [6.45, 7) is 5.07.